The van der Waals surface area contributed by atoms with Crippen molar-refractivity contribution in [3.05, 3.63) is 109 Å². The maximum absolute atomic E-state index is 12.9. The molecule has 0 spiro atoms. The van der Waals surface area contributed by atoms with Gasteiger partial charge in [0.05, 0.1) is 0 Å². The first-order valence-corrected chi connectivity index (χ1v) is 32.4. The molecule has 77 heavy (non-hydrogen) atoms. The van der Waals surface area contributed by atoms with Gasteiger partial charge < -0.3 is 14.2 Å². The second-order valence-corrected chi connectivity index (χ2v) is 21.3. The van der Waals surface area contributed by atoms with Gasteiger partial charge in [0.2, 0.25) is 0 Å². The number of rotatable bonds is 58. The van der Waals surface area contributed by atoms with E-state index in [2.05, 4.69) is 130 Å². The quantitative estimate of drug-likeness (QED) is 0.0261. The first kappa shape index (κ1) is 73.1. The third-order valence-corrected chi connectivity index (χ3v) is 13.8. The Hall–Kier alpha value is -3.93. The van der Waals surface area contributed by atoms with Crippen molar-refractivity contribution in [2.24, 2.45) is 0 Å². The van der Waals surface area contributed by atoms with Gasteiger partial charge in [-0.15, -0.1) is 0 Å². The fourth-order valence-corrected chi connectivity index (χ4v) is 8.92. The van der Waals surface area contributed by atoms with Gasteiger partial charge in [0, 0.05) is 19.3 Å². The summed E-state index contributed by atoms with van der Waals surface area (Å²) in [5.74, 6) is -0.920. The van der Waals surface area contributed by atoms with Crippen LogP contribution in [0.2, 0.25) is 0 Å². The number of carbonyl (C=O) groups excluding carboxylic acids is 3. The summed E-state index contributed by atoms with van der Waals surface area (Å²) < 4.78 is 16.9. The van der Waals surface area contributed by atoms with Crippen molar-refractivity contribution in [1.29, 1.82) is 0 Å². The minimum atomic E-state index is -0.798. The number of allylic oxidation sites excluding steroid dienone is 18. The van der Waals surface area contributed by atoms with Gasteiger partial charge in [0.25, 0.3) is 0 Å². The molecular weight excluding hydrogens is 949 g/mol. The van der Waals surface area contributed by atoms with Gasteiger partial charge in [0.1, 0.15) is 13.2 Å². The molecule has 0 aliphatic carbocycles. The molecular formula is C71H120O6. The van der Waals surface area contributed by atoms with Crippen LogP contribution in [-0.2, 0) is 28.6 Å². The molecule has 0 aromatic heterocycles. The van der Waals surface area contributed by atoms with E-state index in [0.29, 0.717) is 19.3 Å². The average Bonchev–Trinajstić information content (AvgIpc) is 3.43. The fraction of sp³-hybridized carbons (Fsp3) is 0.704. The third kappa shape index (κ3) is 62.8. The summed E-state index contributed by atoms with van der Waals surface area (Å²) in [5.41, 5.74) is 0. The van der Waals surface area contributed by atoms with Crippen molar-refractivity contribution in [3.8, 4) is 0 Å². The van der Waals surface area contributed by atoms with Crippen molar-refractivity contribution < 1.29 is 28.6 Å². The van der Waals surface area contributed by atoms with Crippen LogP contribution >= 0.6 is 0 Å². The van der Waals surface area contributed by atoms with E-state index >= 15 is 0 Å². The number of ether oxygens (including phenoxy) is 3. The lowest BCUT2D eigenvalue weighted by Crippen LogP contribution is -2.30. The standard InChI is InChI=1S/C71H120O6/c1-4-7-10-13-16-19-22-25-28-30-32-34-35-37-38-40-43-46-49-52-55-58-61-64-70(73)76-67-68(66-75-69(72)63-60-57-54-51-48-45-42-27-24-21-18-15-12-9-6-3)77-71(74)65-62-59-56-53-50-47-44-41-39-36-33-31-29-26-23-20-17-14-11-8-5-2/h7,10,16,19,23,25-26,28,31-34,37-39,41,43,46,68H,4-6,8-9,11-15,17-18,20-22,24,27,29-30,35-36,40,42,44-45,47-67H2,1-3H3/b10-7-,19-16-,26-23-,28-25-,33-31-,34-32-,38-37-,41-39-,46-43-. The Kier molecular flexibility index (Phi) is 61.3. The molecule has 0 aromatic rings. The lowest BCUT2D eigenvalue weighted by molar-refractivity contribution is -0.167. The third-order valence-electron chi connectivity index (χ3n) is 13.8. The van der Waals surface area contributed by atoms with Crippen LogP contribution in [0.3, 0.4) is 0 Å². The fourth-order valence-electron chi connectivity index (χ4n) is 8.92. The van der Waals surface area contributed by atoms with Gasteiger partial charge in [-0.05, 0) is 109 Å². The van der Waals surface area contributed by atoms with E-state index in [4.69, 9.17) is 14.2 Å². The van der Waals surface area contributed by atoms with Crippen molar-refractivity contribution in [1.82, 2.24) is 0 Å². The minimum absolute atomic E-state index is 0.0907. The van der Waals surface area contributed by atoms with E-state index in [-0.39, 0.29) is 31.1 Å². The van der Waals surface area contributed by atoms with Gasteiger partial charge in [0.15, 0.2) is 6.10 Å². The number of unbranched alkanes of at least 4 members (excludes halogenated alkanes) is 29. The lowest BCUT2D eigenvalue weighted by Gasteiger charge is -2.18. The molecule has 0 saturated carbocycles. The van der Waals surface area contributed by atoms with Crippen molar-refractivity contribution >= 4 is 17.9 Å². The van der Waals surface area contributed by atoms with Crippen molar-refractivity contribution in [2.75, 3.05) is 13.2 Å². The summed E-state index contributed by atoms with van der Waals surface area (Å²) >= 11 is 0. The van der Waals surface area contributed by atoms with Gasteiger partial charge in [-0.25, -0.2) is 0 Å². The molecule has 6 nitrogen and oxygen atoms in total. The zero-order valence-electron chi connectivity index (χ0n) is 50.4. The lowest BCUT2D eigenvalue weighted by atomic mass is 10.0. The Bertz CT molecular complexity index is 1560. The molecule has 0 fully saturated rings. The van der Waals surface area contributed by atoms with Gasteiger partial charge in [-0.3, -0.25) is 14.4 Å². The molecule has 1 unspecified atom stereocenters. The number of hydrogen-bond donors (Lipinski definition) is 0. The Balaban J connectivity index is 4.45. The van der Waals surface area contributed by atoms with E-state index in [9.17, 15) is 14.4 Å². The highest BCUT2D eigenvalue weighted by molar-refractivity contribution is 5.71. The molecule has 0 N–H and O–H groups in total. The van der Waals surface area contributed by atoms with E-state index in [1.807, 2.05) is 0 Å². The summed E-state index contributed by atoms with van der Waals surface area (Å²) in [7, 11) is 0. The van der Waals surface area contributed by atoms with Crippen LogP contribution in [0.15, 0.2) is 109 Å². The van der Waals surface area contributed by atoms with Gasteiger partial charge in [-0.2, -0.15) is 0 Å². The highest BCUT2D eigenvalue weighted by Gasteiger charge is 2.19. The largest absolute Gasteiger partial charge is 0.462 e. The molecule has 0 rings (SSSR count). The molecule has 440 valence electrons. The zero-order valence-corrected chi connectivity index (χ0v) is 50.4. The normalized spacial score (nSPS) is 12.8. The Morgan fingerprint density at radius 2 is 0.506 bits per heavy atom. The second-order valence-electron chi connectivity index (χ2n) is 21.3. The molecule has 1 atom stereocenters. The monoisotopic (exact) mass is 1070 g/mol. The topological polar surface area (TPSA) is 78.9 Å². The Labute approximate surface area is 476 Å². The summed E-state index contributed by atoms with van der Waals surface area (Å²) in [4.78, 5) is 38.4. The van der Waals surface area contributed by atoms with Gasteiger partial charge >= 0.3 is 17.9 Å². The van der Waals surface area contributed by atoms with Crippen LogP contribution in [0.4, 0.5) is 0 Å². The number of esters is 3. The first-order chi connectivity index (χ1) is 38.0. The summed E-state index contributed by atoms with van der Waals surface area (Å²) in [6, 6.07) is 0. The van der Waals surface area contributed by atoms with Crippen LogP contribution in [-0.4, -0.2) is 37.2 Å². The van der Waals surface area contributed by atoms with E-state index in [1.54, 1.807) is 0 Å². The number of carbonyl (C=O) groups is 3. The van der Waals surface area contributed by atoms with E-state index in [0.717, 1.165) is 135 Å². The van der Waals surface area contributed by atoms with Crippen molar-refractivity contribution in [3.63, 3.8) is 0 Å². The second kappa shape index (κ2) is 64.6. The highest BCUT2D eigenvalue weighted by Crippen LogP contribution is 2.16. The smallest absolute Gasteiger partial charge is 0.306 e. The van der Waals surface area contributed by atoms with Crippen molar-refractivity contribution in [2.45, 2.75) is 309 Å². The molecule has 0 amide bonds. The van der Waals surface area contributed by atoms with Crippen LogP contribution in [0.5, 0.6) is 0 Å². The van der Waals surface area contributed by atoms with E-state index in [1.165, 1.54) is 128 Å². The SMILES string of the molecule is CC/C=C\C/C=C\C/C=C\C/C=C\C/C=C\C/C=C\CCCCCCC(=O)OCC(COC(=O)CCCCCCCCCCCCCCCCC)OC(=O)CCCCCCCC/C=C\C/C=C\C/C=C\CCCCCCC. The molecule has 0 aliphatic heterocycles. The Morgan fingerprint density at radius 1 is 0.273 bits per heavy atom. The zero-order chi connectivity index (χ0) is 55.7. The molecule has 0 radical (unpaired) electrons. The maximum atomic E-state index is 12.9. The van der Waals surface area contributed by atoms with Crippen LogP contribution < -0.4 is 0 Å². The Morgan fingerprint density at radius 3 is 0.792 bits per heavy atom. The molecule has 6 heteroatoms. The summed E-state index contributed by atoms with van der Waals surface area (Å²) in [6.07, 6.45) is 88.0. The van der Waals surface area contributed by atoms with E-state index < -0.39 is 6.10 Å². The molecule has 0 heterocycles. The van der Waals surface area contributed by atoms with Crippen LogP contribution in [0.1, 0.15) is 303 Å². The minimum Gasteiger partial charge on any atom is -0.462 e. The van der Waals surface area contributed by atoms with Crippen LogP contribution in [0.25, 0.3) is 0 Å². The molecule has 0 bridgehead atoms. The van der Waals surface area contributed by atoms with Crippen LogP contribution in [0, 0.1) is 0 Å². The molecule has 0 aliphatic rings. The predicted octanol–water partition coefficient (Wildman–Crippen LogP) is 22.2. The summed E-state index contributed by atoms with van der Waals surface area (Å²) in [5, 5.41) is 0. The maximum Gasteiger partial charge on any atom is 0.306 e. The average molecular weight is 1070 g/mol. The molecule has 0 saturated heterocycles. The summed E-state index contributed by atoms with van der Waals surface area (Å²) in [6.45, 7) is 6.51. The van der Waals surface area contributed by atoms with Gasteiger partial charge in [-0.1, -0.05) is 284 Å². The first-order valence-electron chi connectivity index (χ1n) is 32.4. The predicted molar refractivity (Wildman–Crippen MR) is 334 cm³/mol. The molecule has 0 aromatic carbocycles. The number of hydrogen-bond acceptors (Lipinski definition) is 6. The highest BCUT2D eigenvalue weighted by atomic mass is 16.6.